The van der Waals surface area contributed by atoms with Crippen LogP contribution in [0.25, 0.3) is 5.76 Å². The second-order valence-electron chi connectivity index (χ2n) is 7.80. The van der Waals surface area contributed by atoms with Gasteiger partial charge in [-0.05, 0) is 60.5 Å². The molecule has 4 rings (SSSR count). The number of esters is 1. The fraction of sp³-hybridized carbons (Fsp3) is 0.148. The molecule has 1 heterocycles. The van der Waals surface area contributed by atoms with Gasteiger partial charge in [-0.1, -0.05) is 30.3 Å². The number of aliphatic hydroxyl groups is 1. The molecule has 1 aliphatic heterocycles. The molecule has 0 aliphatic carbocycles. The number of ketones is 1. The van der Waals surface area contributed by atoms with Crippen molar-refractivity contribution in [2.24, 2.45) is 0 Å². The van der Waals surface area contributed by atoms with E-state index < -0.39 is 23.7 Å². The average molecular weight is 457 g/mol. The highest BCUT2D eigenvalue weighted by Gasteiger charge is 2.47. The van der Waals surface area contributed by atoms with Crippen LogP contribution in [0.3, 0.4) is 0 Å². The van der Waals surface area contributed by atoms with Crippen molar-refractivity contribution in [3.05, 3.63) is 101 Å². The molecule has 1 N–H and O–H groups in total. The van der Waals surface area contributed by atoms with Crippen molar-refractivity contribution in [3.63, 3.8) is 0 Å². The molecule has 1 unspecified atom stereocenters. The number of carbonyl (C=O) groups excluding carboxylic acids is 3. The number of hydrogen-bond donors (Lipinski definition) is 1. The zero-order valence-electron chi connectivity index (χ0n) is 18.9. The Bertz CT molecular complexity index is 1290. The Morgan fingerprint density at radius 1 is 0.941 bits per heavy atom. The van der Waals surface area contributed by atoms with Crippen LogP contribution in [0, 0.1) is 6.92 Å². The lowest BCUT2D eigenvalue weighted by molar-refractivity contribution is -0.132. The zero-order valence-corrected chi connectivity index (χ0v) is 18.9. The lowest BCUT2D eigenvalue weighted by Crippen LogP contribution is -2.29. The molecule has 0 bridgehead atoms. The molecule has 0 saturated carbocycles. The van der Waals surface area contributed by atoms with Gasteiger partial charge in [0.05, 0.1) is 31.4 Å². The topological polar surface area (TPSA) is 93.1 Å². The van der Waals surface area contributed by atoms with Gasteiger partial charge in [0, 0.05) is 11.3 Å². The number of amides is 1. The van der Waals surface area contributed by atoms with Crippen molar-refractivity contribution in [2.45, 2.75) is 13.0 Å². The predicted octanol–water partition coefficient (Wildman–Crippen LogP) is 4.42. The number of rotatable bonds is 5. The number of ether oxygens (including phenoxy) is 2. The van der Waals surface area contributed by atoms with Crippen LogP contribution in [0.1, 0.15) is 33.1 Å². The van der Waals surface area contributed by atoms with Gasteiger partial charge in [0.1, 0.15) is 11.5 Å². The molecule has 1 saturated heterocycles. The highest BCUT2D eigenvalue weighted by molar-refractivity contribution is 6.51. The maximum absolute atomic E-state index is 13.2. The van der Waals surface area contributed by atoms with Crippen LogP contribution < -0.4 is 9.64 Å². The van der Waals surface area contributed by atoms with Crippen LogP contribution in [0.4, 0.5) is 5.69 Å². The SMILES string of the molecule is COC(=O)c1ccc(N2C(=O)C(=O)/C(=C(\O)c3ccc(OC)cc3C)C2c2ccccc2)cc1. The molecule has 7 nitrogen and oxygen atoms in total. The van der Waals surface area contributed by atoms with Crippen molar-refractivity contribution in [2.75, 3.05) is 19.1 Å². The second kappa shape index (κ2) is 9.23. The number of benzene rings is 3. The van der Waals surface area contributed by atoms with E-state index in [1.54, 1.807) is 68.6 Å². The first-order valence-electron chi connectivity index (χ1n) is 10.6. The van der Waals surface area contributed by atoms with Gasteiger partial charge in [0.25, 0.3) is 11.7 Å². The second-order valence-corrected chi connectivity index (χ2v) is 7.80. The van der Waals surface area contributed by atoms with E-state index in [0.29, 0.717) is 33.7 Å². The van der Waals surface area contributed by atoms with Gasteiger partial charge in [0.2, 0.25) is 0 Å². The number of anilines is 1. The van der Waals surface area contributed by atoms with Crippen molar-refractivity contribution in [1.82, 2.24) is 0 Å². The first kappa shape index (κ1) is 22.8. The number of nitrogens with zero attached hydrogens (tertiary/aromatic N) is 1. The maximum atomic E-state index is 13.2. The van der Waals surface area contributed by atoms with Crippen molar-refractivity contribution in [3.8, 4) is 5.75 Å². The minimum Gasteiger partial charge on any atom is -0.507 e. The average Bonchev–Trinajstić information content (AvgIpc) is 3.14. The van der Waals surface area contributed by atoms with Gasteiger partial charge in [-0.2, -0.15) is 0 Å². The monoisotopic (exact) mass is 457 g/mol. The maximum Gasteiger partial charge on any atom is 0.337 e. The quantitative estimate of drug-likeness (QED) is 0.264. The van der Waals surface area contributed by atoms with E-state index in [2.05, 4.69) is 0 Å². The highest BCUT2D eigenvalue weighted by Crippen LogP contribution is 2.42. The van der Waals surface area contributed by atoms with Crippen LogP contribution in [0.15, 0.2) is 78.4 Å². The first-order chi connectivity index (χ1) is 16.4. The third-order valence-corrected chi connectivity index (χ3v) is 5.82. The molecule has 0 spiro atoms. The summed E-state index contributed by atoms with van der Waals surface area (Å²) >= 11 is 0. The Labute approximate surface area is 196 Å². The van der Waals surface area contributed by atoms with Gasteiger partial charge in [-0.15, -0.1) is 0 Å². The largest absolute Gasteiger partial charge is 0.507 e. The van der Waals surface area contributed by atoms with E-state index in [-0.39, 0.29) is 11.3 Å². The molecule has 7 heteroatoms. The fourth-order valence-electron chi connectivity index (χ4n) is 4.10. The van der Waals surface area contributed by atoms with E-state index in [0.717, 1.165) is 0 Å². The van der Waals surface area contributed by atoms with Crippen LogP contribution in [0.5, 0.6) is 5.75 Å². The summed E-state index contributed by atoms with van der Waals surface area (Å²) in [6.07, 6.45) is 0. The summed E-state index contributed by atoms with van der Waals surface area (Å²) in [4.78, 5) is 39.6. The van der Waals surface area contributed by atoms with Gasteiger partial charge >= 0.3 is 5.97 Å². The van der Waals surface area contributed by atoms with Crippen LogP contribution in [-0.4, -0.2) is 37.0 Å². The van der Waals surface area contributed by atoms with Crippen molar-refractivity contribution >= 4 is 29.1 Å². The first-order valence-corrected chi connectivity index (χ1v) is 10.6. The summed E-state index contributed by atoms with van der Waals surface area (Å²) < 4.78 is 9.97. The van der Waals surface area contributed by atoms with E-state index in [1.807, 2.05) is 6.07 Å². The van der Waals surface area contributed by atoms with Crippen LogP contribution in [0.2, 0.25) is 0 Å². The lowest BCUT2D eigenvalue weighted by Gasteiger charge is -2.25. The molecule has 34 heavy (non-hydrogen) atoms. The van der Waals surface area contributed by atoms with E-state index in [9.17, 15) is 19.5 Å². The highest BCUT2D eigenvalue weighted by atomic mass is 16.5. The Balaban J connectivity index is 1.89. The molecule has 1 aliphatic rings. The zero-order chi connectivity index (χ0) is 24.4. The Morgan fingerprint density at radius 2 is 1.62 bits per heavy atom. The standard InChI is InChI=1S/C27H23NO6/c1-16-15-20(33-2)13-14-21(16)24(29)22-23(17-7-5-4-6-8-17)28(26(31)25(22)30)19-11-9-18(10-12-19)27(32)34-3/h4-15,23,29H,1-3H3/b24-22-. The lowest BCUT2D eigenvalue weighted by atomic mass is 9.93. The third kappa shape index (κ3) is 3.92. The van der Waals surface area contributed by atoms with E-state index in [1.165, 1.54) is 24.1 Å². The molecule has 1 fully saturated rings. The summed E-state index contributed by atoms with van der Waals surface area (Å²) in [5.41, 5.74) is 2.49. The molecule has 0 radical (unpaired) electrons. The Morgan fingerprint density at radius 3 is 2.21 bits per heavy atom. The number of methoxy groups -OCH3 is 2. The summed E-state index contributed by atoms with van der Waals surface area (Å²) in [5.74, 6) is -1.73. The Kier molecular flexibility index (Phi) is 6.19. The molecular formula is C27H23NO6. The minimum absolute atomic E-state index is 0.0125. The number of Topliss-reactive ketones (excluding diaryl/α,β-unsaturated/α-hetero) is 1. The number of aliphatic hydroxyl groups excluding tert-OH is 1. The van der Waals surface area contributed by atoms with Crippen LogP contribution in [-0.2, 0) is 14.3 Å². The third-order valence-electron chi connectivity index (χ3n) is 5.82. The predicted molar refractivity (Wildman–Crippen MR) is 127 cm³/mol. The molecule has 1 amide bonds. The van der Waals surface area contributed by atoms with Crippen molar-refractivity contribution < 1.29 is 29.0 Å². The van der Waals surface area contributed by atoms with Gasteiger partial charge < -0.3 is 14.6 Å². The van der Waals surface area contributed by atoms with Gasteiger partial charge in [0.15, 0.2) is 0 Å². The van der Waals surface area contributed by atoms with Gasteiger partial charge in [-0.25, -0.2) is 4.79 Å². The number of hydrogen-bond acceptors (Lipinski definition) is 6. The summed E-state index contributed by atoms with van der Waals surface area (Å²) in [7, 11) is 2.83. The number of aryl methyl sites for hydroxylation is 1. The molecule has 1 atom stereocenters. The van der Waals surface area contributed by atoms with Crippen molar-refractivity contribution in [1.29, 1.82) is 0 Å². The number of carbonyl (C=O) groups is 3. The molecule has 3 aromatic carbocycles. The van der Waals surface area contributed by atoms with Gasteiger partial charge in [-0.3, -0.25) is 14.5 Å². The normalized spacial score (nSPS) is 17.0. The summed E-state index contributed by atoms with van der Waals surface area (Å²) in [6, 6.07) is 19.4. The molecule has 172 valence electrons. The minimum atomic E-state index is -0.855. The van der Waals surface area contributed by atoms with Crippen LogP contribution >= 0.6 is 0 Å². The molecular weight excluding hydrogens is 434 g/mol. The fourth-order valence-corrected chi connectivity index (χ4v) is 4.10. The summed E-state index contributed by atoms with van der Waals surface area (Å²) in [5, 5.41) is 11.3. The van der Waals surface area contributed by atoms with E-state index >= 15 is 0 Å². The smallest absolute Gasteiger partial charge is 0.337 e. The Hall–Kier alpha value is -4.39. The molecule has 3 aromatic rings. The molecule has 0 aromatic heterocycles. The van der Waals surface area contributed by atoms with E-state index in [4.69, 9.17) is 9.47 Å². The summed E-state index contributed by atoms with van der Waals surface area (Å²) in [6.45, 7) is 1.79.